The minimum absolute atomic E-state index is 0.188. The van der Waals surface area contributed by atoms with Crippen LogP contribution in [0.1, 0.15) is 16.1 Å². The fourth-order valence-corrected chi connectivity index (χ4v) is 2.97. The van der Waals surface area contributed by atoms with Crippen molar-refractivity contribution in [1.29, 1.82) is 0 Å². The number of nitrogens with zero attached hydrogens (tertiary/aromatic N) is 2. The van der Waals surface area contributed by atoms with Crippen molar-refractivity contribution in [3.8, 4) is 10.6 Å². The Hall–Kier alpha value is -2.11. The Morgan fingerprint density at radius 1 is 1.32 bits per heavy atom. The van der Waals surface area contributed by atoms with Crippen molar-refractivity contribution in [3.05, 3.63) is 64.1 Å². The first-order valence-corrected chi connectivity index (χ1v) is 7.90. The van der Waals surface area contributed by atoms with Crippen molar-refractivity contribution in [2.24, 2.45) is 0 Å². The molecule has 1 amide bonds. The predicted molar refractivity (Wildman–Crippen MR) is 87.1 cm³/mol. The molecular weight excluding hydrogens is 320 g/mol. The number of aromatic nitrogens is 1. The molecule has 0 spiro atoms. The van der Waals surface area contributed by atoms with Gasteiger partial charge in [-0.3, -0.25) is 4.79 Å². The Bertz CT molecular complexity index is 783. The third-order valence-electron chi connectivity index (χ3n) is 3.15. The number of halogens is 1. The number of amides is 1. The SMILES string of the molecule is CN(Cc1cccc(Cl)c1)C(=O)c1cc(-c2cccs2)on1. The van der Waals surface area contributed by atoms with Gasteiger partial charge in [0.2, 0.25) is 0 Å². The molecule has 0 aliphatic carbocycles. The largest absolute Gasteiger partial charge is 0.355 e. The summed E-state index contributed by atoms with van der Waals surface area (Å²) in [6.07, 6.45) is 0. The molecule has 0 radical (unpaired) electrons. The van der Waals surface area contributed by atoms with Crippen LogP contribution < -0.4 is 0 Å². The van der Waals surface area contributed by atoms with E-state index < -0.39 is 0 Å². The van der Waals surface area contributed by atoms with Gasteiger partial charge in [-0.2, -0.15) is 0 Å². The third kappa shape index (κ3) is 3.21. The number of carbonyl (C=O) groups is 1. The van der Waals surface area contributed by atoms with E-state index in [-0.39, 0.29) is 5.91 Å². The molecule has 0 saturated carbocycles. The summed E-state index contributed by atoms with van der Waals surface area (Å²) in [5.74, 6) is 0.418. The Labute approximate surface area is 136 Å². The molecule has 0 bridgehead atoms. The Morgan fingerprint density at radius 2 is 2.18 bits per heavy atom. The lowest BCUT2D eigenvalue weighted by Gasteiger charge is -2.15. The zero-order chi connectivity index (χ0) is 15.5. The molecule has 22 heavy (non-hydrogen) atoms. The second-order valence-corrected chi connectivity index (χ2v) is 6.23. The molecule has 3 aromatic rings. The molecule has 0 saturated heterocycles. The molecule has 0 unspecified atom stereocenters. The van der Waals surface area contributed by atoms with Crippen LogP contribution in [-0.4, -0.2) is 23.0 Å². The molecule has 1 aromatic carbocycles. The van der Waals surface area contributed by atoms with Crippen molar-refractivity contribution in [3.63, 3.8) is 0 Å². The van der Waals surface area contributed by atoms with E-state index in [1.54, 1.807) is 35.4 Å². The predicted octanol–water partition coefficient (Wildman–Crippen LogP) is 4.33. The van der Waals surface area contributed by atoms with Crippen LogP contribution in [0, 0.1) is 0 Å². The van der Waals surface area contributed by atoms with Gasteiger partial charge in [-0.25, -0.2) is 0 Å². The first-order chi connectivity index (χ1) is 10.6. The topological polar surface area (TPSA) is 46.3 Å². The molecule has 0 atom stereocenters. The first-order valence-electron chi connectivity index (χ1n) is 6.64. The fourth-order valence-electron chi connectivity index (χ4n) is 2.09. The van der Waals surface area contributed by atoms with Gasteiger partial charge in [-0.1, -0.05) is 35.0 Å². The highest BCUT2D eigenvalue weighted by Gasteiger charge is 2.18. The Kier molecular flexibility index (Phi) is 4.27. The van der Waals surface area contributed by atoms with Crippen LogP contribution in [-0.2, 0) is 6.54 Å². The summed E-state index contributed by atoms with van der Waals surface area (Å²) in [6.45, 7) is 0.459. The molecule has 0 aliphatic heterocycles. The lowest BCUT2D eigenvalue weighted by Crippen LogP contribution is -2.26. The number of hydrogen-bond acceptors (Lipinski definition) is 4. The monoisotopic (exact) mass is 332 g/mol. The fraction of sp³-hybridized carbons (Fsp3) is 0.125. The van der Waals surface area contributed by atoms with Gasteiger partial charge in [0.25, 0.3) is 5.91 Å². The molecule has 0 N–H and O–H groups in total. The van der Waals surface area contributed by atoms with Gasteiger partial charge in [0.05, 0.1) is 4.88 Å². The van der Waals surface area contributed by atoms with E-state index in [0.29, 0.717) is 23.0 Å². The van der Waals surface area contributed by atoms with E-state index in [0.717, 1.165) is 10.4 Å². The van der Waals surface area contributed by atoms with Crippen LogP contribution >= 0.6 is 22.9 Å². The number of benzene rings is 1. The standard InChI is InChI=1S/C16H13ClN2O2S/c1-19(10-11-4-2-5-12(17)8-11)16(20)13-9-14(21-18-13)15-6-3-7-22-15/h2-9H,10H2,1H3. The van der Waals surface area contributed by atoms with Gasteiger partial charge >= 0.3 is 0 Å². The van der Waals surface area contributed by atoms with E-state index in [9.17, 15) is 4.79 Å². The molecular formula is C16H13ClN2O2S. The normalized spacial score (nSPS) is 10.6. The second kappa shape index (κ2) is 6.34. The summed E-state index contributed by atoms with van der Waals surface area (Å²) >= 11 is 7.50. The average molecular weight is 333 g/mol. The van der Waals surface area contributed by atoms with Crippen LogP contribution in [0.3, 0.4) is 0 Å². The highest BCUT2D eigenvalue weighted by atomic mass is 35.5. The maximum absolute atomic E-state index is 12.4. The minimum atomic E-state index is -0.188. The highest BCUT2D eigenvalue weighted by molar-refractivity contribution is 7.13. The molecule has 0 aliphatic rings. The van der Waals surface area contributed by atoms with E-state index in [1.807, 2.05) is 35.7 Å². The number of rotatable bonds is 4. The van der Waals surface area contributed by atoms with Gasteiger partial charge in [0.1, 0.15) is 0 Å². The van der Waals surface area contributed by atoms with Crippen LogP contribution in [0.15, 0.2) is 52.4 Å². The van der Waals surface area contributed by atoms with Crippen molar-refractivity contribution in [2.45, 2.75) is 6.54 Å². The van der Waals surface area contributed by atoms with Crippen LogP contribution in [0.2, 0.25) is 5.02 Å². The minimum Gasteiger partial charge on any atom is -0.355 e. The van der Waals surface area contributed by atoms with E-state index in [1.165, 1.54) is 0 Å². The zero-order valence-corrected chi connectivity index (χ0v) is 13.4. The van der Waals surface area contributed by atoms with E-state index in [4.69, 9.17) is 16.1 Å². The maximum atomic E-state index is 12.4. The zero-order valence-electron chi connectivity index (χ0n) is 11.8. The smallest absolute Gasteiger partial charge is 0.276 e. The molecule has 0 fully saturated rings. The molecule has 4 nitrogen and oxygen atoms in total. The summed E-state index contributed by atoms with van der Waals surface area (Å²) in [5.41, 5.74) is 1.26. The lowest BCUT2D eigenvalue weighted by molar-refractivity contribution is 0.0775. The van der Waals surface area contributed by atoms with Gasteiger partial charge < -0.3 is 9.42 Å². The Balaban J connectivity index is 1.73. The van der Waals surface area contributed by atoms with Gasteiger partial charge in [-0.15, -0.1) is 11.3 Å². The van der Waals surface area contributed by atoms with E-state index >= 15 is 0 Å². The highest BCUT2D eigenvalue weighted by Crippen LogP contribution is 2.25. The third-order valence-corrected chi connectivity index (χ3v) is 4.27. The second-order valence-electron chi connectivity index (χ2n) is 4.84. The van der Waals surface area contributed by atoms with Crippen LogP contribution in [0.4, 0.5) is 0 Å². The van der Waals surface area contributed by atoms with E-state index in [2.05, 4.69) is 5.16 Å². The molecule has 6 heteroatoms. The van der Waals surface area contributed by atoms with Crippen LogP contribution in [0.25, 0.3) is 10.6 Å². The van der Waals surface area contributed by atoms with Gasteiger partial charge in [0, 0.05) is 24.7 Å². The summed E-state index contributed by atoms with van der Waals surface area (Å²) in [4.78, 5) is 14.9. The number of hydrogen-bond donors (Lipinski definition) is 0. The number of carbonyl (C=O) groups excluding carboxylic acids is 1. The van der Waals surface area contributed by atoms with Crippen molar-refractivity contribution in [2.75, 3.05) is 7.05 Å². The summed E-state index contributed by atoms with van der Waals surface area (Å²) in [7, 11) is 1.72. The van der Waals surface area contributed by atoms with Gasteiger partial charge in [-0.05, 0) is 29.1 Å². The number of thiophene rings is 1. The molecule has 2 aromatic heterocycles. The maximum Gasteiger partial charge on any atom is 0.276 e. The molecule has 2 heterocycles. The Morgan fingerprint density at radius 3 is 2.91 bits per heavy atom. The van der Waals surface area contributed by atoms with Crippen molar-refractivity contribution >= 4 is 28.8 Å². The summed E-state index contributed by atoms with van der Waals surface area (Å²) < 4.78 is 5.24. The summed E-state index contributed by atoms with van der Waals surface area (Å²) in [6, 6.07) is 13.0. The molecule has 3 rings (SSSR count). The lowest BCUT2D eigenvalue weighted by atomic mass is 10.2. The van der Waals surface area contributed by atoms with Gasteiger partial charge in [0.15, 0.2) is 11.5 Å². The molecule has 112 valence electrons. The summed E-state index contributed by atoms with van der Waals surface area (Å²) in [5, 5.41) is 6.47. The van der Waals surface area contributed by atoms with Crippen molar-refractivity contribution < 1.29 is 9.32 Å². The van der Waals surface area contributed by atoms with Crippen LogP contribution in [0.5, 0.6) is 0 Å². The average Bonchev–Trinajstić information content (AvgIpc) is 3.17. The quantitative estimate of drug-likeness (QED) is 0.714. The van der Waals surface area contributed by atoms with Crippen molar-refractivity contribution in [1.82, 2.24) is 10.1 Å². The first kappa shape index (κ1) is 14.8.